The minimum absolute atomic E-state index is 0.272. The molecule has 2 aromatic rings. The van der Waals surface area contributed by atoms with Crippen LogP contribution in [0.3, 0.4) is 0 Å². The molecule has 0 atom stereocenters. The third-order valence-electron chi connectivity index (χ3n) is 2.22. The van der Waals surface area contributed by atoms with E-state index in [-0.39, 0.29) is 5.56 Å². The van der Waals surface area contributed by atoms with Gasteiger partial charge in [-0.25, -0.2) is 9.78 Å². The summed E-state index contributed by atoms with van der Waals surface area (Å²) in [6.07, 6.45) is 1.52. The lowest BCUT2D eigenvalue weighted by molar-refractivity contribution is -0.182. The number of benzene rings is 1. The molecule has 2 rings (SSSR count). The van der Waals surface area contributed by atoms with Crippen LogP contribution in [0.25, 0.3) is 0 Å². The Morgan fingerprint density at radius 2 is 2.28 bits per heavy atom. The highest BCUT2D eigenvalue weighted by molar-refractivity contribution is 7.17. The number of nitrogens with zero attached hydrogens (tertiary/aromatic N) is 1. The molecule has 0 aliphatic rings. The Balaban J connectivity index is 2.21. The Kier molecular flexibility index (Phi) is 3.45. The van der Waals surface area contributed by atoms with Crippen molar-refractivity contribution < 1.29 is 19.7 Å². The van der Waals surface area contributed by atoms with Crippen LogP contribution in [0, 0.1) is 6.92 Å². The fraction of sp³-hybridized carbons (Fsp3) is 0.0909. The Labute approximate surface area is 107 Å². The third-order valence-corrected chi connectivity index (χ3v) is 2.93. The summed E-state index contributed by atoms with van der Waals surface area (Å²) in [6, 6.07) is 4.75. The van der Waals surface area contributed by atoms with Gasteiger partial charge in [-0.2, -0.15) is 5.26 Å². The molecule has 0 saturated heterocycles. The number of hydrogen-bond acceptors (Lipinski definition) is 7. The van der Waals surface area contributed by atoms with Crippen molar-refractivity contribution in [3.05, 3.63) is 35.5 Å². The normalized spacial score (nSPS) is 10.1. The molecular formula is C11H10N2O4S. The van der Waals surface area contributed by atoms with Gasteiger partial charge in [-0.05, 0) is 30.7 Å². The van der Waals surface area contributed by atoms with Crippen LogP contribution >= 0.6 is 11.3 Å². The average molecular weight is 266 g/mol. The van der Waals surface area contributed by atoms with Gasteiger partial charge in [-0.1, -0.05) is 11.3 Å². The average Bonchev–Trinajstić information content (AvgIpc) is 2.74. The maximum Gasteiger partial charge on any atom is 0.373 e. The highest BCUT2D eigenvalue weighted by Gasteiger charge is 2.11. The smallest absolute Gasteiger partial charge is 0.373 e. The van der Waals surface area contributed by atoms with E-state index in [1.54, 1.807) is 19.1 Å². The minimum atomic E-state index is -0.805. The number of nitrogens with two attached hydrogens (primary N) is 1. The van der Waals surface area contributed by atoms with Crippen molar-refractivity contribution in [2.75, 3.05) is 5.73 Å². The lowest BCUT2D eigenvalue weighted by atomic mass is 10.1. The number of ether oxygens (including phenoxy) is 1. The summed E-state index contributed by atoms with van der Waals surface area (Å²) in [5.74, 6) is -0.258. The molecule has 0 amide bonds. The monoisotopic (exact) mass is 266 g/mol. The summed E-state index contributed by atoms with van der Waals surface area (Å²) in [7, 11) is 0. The second-order valence-electron chi connectivity index (χ2n) is 3.48. The molecular weight excluding hydrogens is 256 g/mol. The molecule has 1 heterocycles. The van der Waals surface area contributed by atoms with Crippen LogP contribution in [0.5, 0.6) is 10.8 Å². The SMILES string of the molecule is Cc1cc(Oc2cnc(N)s2)ccc1C(=O)OO. The fourth-order valence-corrected chi connectivity index (χ4v) is 1.97. The van der Waals surface area contributed by atoms with E-state index in [1.165, 1.54) is 23.6 Å². The van der Waals surface area contributed by atoms with E-state index in [9.17, 15) is 4.79 Å². The van der Waals surface area contributed by atoms with Gasteiger partial charge in [0.25, 0.3) is 0 Å². The zero-order valence-electron chi connectivity index (χ0n) is 9.41. The van der Waals surface area contributed by atoms with Gasteiger partial charge in [-0.3, -0.25) is 4.89 Å². The van der Waals surface area contributed by atoms with E-state index in [0.29, 0.717) is 21.5 Å². The molecule has 1 aromatic carbocycles. The van der Waals surface area contributed by atoms with Gasteiger partial charge in [0.05, 0.1) is 11.8 Å². The van der Waals surface area contributed by atoms with Gasteiger partial charge in [0.15, 0.2) is 5.13 Å². The summed E-state index contributed by atoms with van der Waals surface area (Å²) >= 11 is 1.22. The number of hydrogen-bond donors (Lipinski definition) is 2. The van der Waals surface area contributed by atoms with Crippen molar-refractivity contribution in [1.82, 2.24) is 4.98 Å². The molecule has 7 heteroatoms. The van der Waals surface area contributed by atoms with E-state index in [1.807, 2.05) is 0 Å². The van der Waals surface area contributed by atoms with E-state index < -0.39 is 5.97 Å². The van der Waals surface area contributed by atoms with Crippen molar-refractivity contribution in [1.29, 1.82) is 0 Å². The number of aryl methyl sites for hydroxylation is 1. The first-order valence-corrected chi connectivity index (χ1v) is 5.77. The highest BCUT2D eigenvalue weighted by Crippen LogP contribution is 2.29. The Morgan fingerprint density at radius 3 is 2.83 bits per heavy atom. The molecule has 0 bridgehead atoms. The van der Waals surface area contributed by atoms with Gasteiger partial charge in [0, 0.05) is 0 Å². The van der Waals surface area contributed by atoms with Gasteiger partial charge >= 0.3 is 5.97 Å². The molecule has 0 aliphatic heterocycles. The first kappa shape index (κ1) is 12.3. The molecule has 1 aromatic heterocycles. The molecule has 0 fully saturated rings. The first-order chi connectivity index (χ1) is 8.60. The van der Waals surface area contributed by atoms with Crippen molar-refractivity contribution in [2.24, 2.45) is 0 Å². The van der Waals surface area contributed by atoms with Crippen LogP contribution in [-0.4, -0.2) is 16.2 Å². The molecule has 0 spiro atoms. The molecule has 0 radical (unpaired) electrons. The zero-order chi connectivity index (χ0) is 13.1. The maximum atomic E-state index is 11.2. The van der Waals surface area contributed by atoms with E-state index in [0.717, 1.165) is 0 Å². The second kappa shape index (κ2) is 5.03. The summed E-state index contributed by atoms with van der Waals surface area (Å²) in [5.41, 5.74) is 6.38. The number of thiazole rings is 1. The zero-order valence-corrected chi connectivity index (χ0v) is 10.2. The standard InChI is InChI=1S/C11H10N2O4S/c1-6-4-7(2-3-8(6)10(14)17-15)16-9-5-13-11(12)18-9/h2-5,15H,1H3,(H2,12,13). The van der Waals surface area contributed by atoms with E-state index >= 15 is 0 Å². The van der Waals surface area contributed by atoms with Crippen LogP contribution < -0.4 is 10.5 Å². The lowest BCUT2D eigenvalue weighted by Crippen LogP contribution is -2.03. The van der Waals surface area contributed by atoms with Crippen LogP contribution in [-0.2, 0) is 4.89 Å². The van der Waals surface area contributed by atoms with Crippen LogP contribution in [0.2, 0.25) is 0 Å². The summed E-state index contributed by atoms with van der Waals surface area (Å²) in [5, 5.41) is 9.30. The molecule has 0 saturated carbocycles. The molecule has 94 valence electrons. The van der Waals surface area contributed by atoms with Crippen molar-refractivity contribution >= 4 is 22.4 Å². The third kappa shape index (κ3) is 2.58. The quantitative estimate of drug-likeness (QED) is 0.654. The maximum absolute atomic E-state index is 11.2. The number of carbonyl (C=O) groups is 1. The first-order valence-electron chi connectivity index (χ1n) is 4.95. The summed E-state index contributed by atoms with van der Waals surface area (Å²) in [4.78, 5) is 18.7. The summed E-state index contributed by atoms with van der Waals surface area (Å²) in [6.45, 7) is 1.71. The van der Waals surface area contributed by atoms with Crippen LogP contribution in [0.15, 0.2) is 24.4 Å². The van der Waals surface area contributed by atoms with E-state index in [2.05, 4.69) is 9.87 Å². The Bertz CT molecular complexity index is 582. The van der Waals surface area contributed by atoms with Crippen molar-refractivity contribution in [3.8, 4) is 10.8 Å². The number of anilines is 1. The second-order valence-corrected chi connectivity index (χ2v) is 4.50. The largest absolute Gasteiger partial charge is 0.445 e. The van der Waals surface area contributed by atoms with Gasteiger partial charge in [-0.15, -0.1) is 0 Å². The predicted octanol–water partition coefficient (Wildman–Crippen LogP) is 2.46. The van der Waals surface area contributed by atoms with Crippen LogP contribution in [0.4, 0.5) is 5.13 Å². The lowest BCUT2D eigenvalue weighted by Gasteiger charge is -2.06. The molecule has 6 nitrogen and oxygen atoms in total. The molecule has 0 aliphatic carbocycles. The number of nitrogen functional groups attached to an aromatic ring is 1. The number of rotatable bonds is 3. The minimum Gasteiger partial charge on any atom is -0.445 e. The predicted molar refractivity (Wildman–Crippen MR) is 65.8 cm³/mol. The topological polar surface area (TPSA) is 94.7 Å². The number of aromatic nitrogens is 1. The molecule has 0 unspecified atom stereocenters. The molecule has 3 N–H and O–H groups in total. The fourth-order valence-electron chi connectivity index (χ4n) is 1.41. The van der Waals surface area contributed by atoms with Gasteiger partial charge in [0.1, 0.15) is 5.75 Å². The van der Waals surface area contributed by atoms with Gasteiger partial charge in [0.2, 0.25) is 5.06 Å². The molecule has 18 heavy (non-hydrogen) atoms. The Hall–Kier alpha value is -2.12. The van der Waals surface area contributed by atoms with E-state index in [4.69, 9.17) is 15.7 Å². The van der Waals surface area contributed by atoms with Gasteiger partial charge < -0.3 is 10.5 Å². The van der Waals surface area contributed by atoms with Crippen molar-refractivity contribution in [3.63, 3.8) is 0 Å². The Morgan fingerprint density at radius 1 is 1.50 bits per heavy atom. The van der Waals surface area contributed by atoms with Crippen molar-refractivity contribution in [2.45, 2.75) is 6.92 Å². The number of carbonyl (C=O) groups excluding carboxylic acids is 1. The van der Waals surface area contributed by atoms with Crippen LogP contribution in [0.1, 0.15) is 15.9 Å². The summed E-state index contributed by atoms with van der Waals surface area (Å²) < 4.78 is 5.51. The highest BCUT2D eigenvalue weighted by atomic mass is 32.1.